The Morgan fingerprint density at radius 2 is 1.53 bits per heavy atom. The number of carbonyl (C=O) groups is 7. The number of aliphatic carboxylic acids is 2. The van der Waals surface area contributed by atoms with Gasteiger partial charge in [-0.15, -0.1) is 0 Å². The second-order valence-corrected chi connectivity index (χ2v) is 19.5. The predicted octanol–water partition coefficient (Wildman–Crippen LogP) is -2.49. The Labute approximate surface area is 376 Å². The molecule has 2 amide bonds. The summed E-state index contributed by atoms with van der Waals surface area (Å²) in [5, 5.41) is 50.2. The minimum atomic E-state index is -5.60. The molecule has 13 N–H and O–H groups in total. The van der Waals surface area contributed by atoms with Gasteiger partial charge in [-0.25, -0.2) is 28.6 Å². The Morgan fingerprint density at radius 1 is 0.909 bits per heavy atom. The van der Waals surface area contributed by atoms with Gasteiger partial charge in [0.05, 0.1) is 26.0 Å². The highest BCUT2D eigenvalue weighted by Crippen LogP contribution is 2.61. The van der Waals surface area contributed by atoms with Crippen molar-refractivity contribution < 1.29 is 115 Å². The summed E-state index contributed by atoms with van der Waals surface area (Å²) in [6.07, 6.45) is -9.11. The summed E-state index contributed by atoms with van der Waals surface area (Å²) in [7, 11) is -16.5. The molecule has 35 heteroatoms. The number of nitrogens with two attached hydrogens (primary N) is 1. The number of hydrogen-bond acceptors (Lipinski definition) is 23. The molecule has 1 fully saturated rings. The number of phosphoric acid groups is 3. The van der Waals surface area contributed by atoms with E-state index in [0.29, 0.717) is 11.8 Å². The molecular formula is C31H48N7O24P3S. The molecule has 3 heterocycles. The van der Waals surface area contributed by atoms with Crippen molar-refractivity contribution in [1.29, 1.82) is 0 Å². The fourth-order valence-electron chi connectivity index (χ4n) is 5.12. The molecule has 1 aliphatic rings. The molecule has 0 radical (unpaired) electrons. The third-order valence-electron chi connectivity index (χ3n) is 8.19. The number of hydrogen-bond donors (Lipinski definition) is 12. The zero-order valence-corrected chi connectivity index (χ0v) is 38.1. The molecule has 0 spiro atoms. The van der Waals surface area contributed by atoms with Gasteiger partial charge in [0.25, 0.3) is 0 Å². The van der Waals surface area contributed by atoms with E-state index in [1.54, 1.807) is 0 Å². The lowest BCUT2D eigenvalue weighted by Crippen LogP contribution is -2.46. The van der Waals surface area contributed by atoms with E-state index >= 15 is 0 Å². The van der Waals surface area contributed by atoms with E-state index in [9.17, 15) is 77.0 Å². The summed E-state index contributed by atoms with van der Waals surface area (Å²) < 4.78 is 61.9. The molecule has 2 aromatic heterocycles. The van der Waals surface area contributed by atoms with Crippen LogP contribution in [-0.4, -0.2) is 168 Å². The Morgan fingerprint density at radius 3 is 2.14 bits per heavy atom. The van der Waals surface area contributed by atoms with E-state index in [0.717, 1.165) is 17.2 Å². The number of amides is 2. The second-order valence-electron chi connectivity index (χ2n) is 14.2. The van der Waals surface area contributed by atoms with Crippen LogP contribution in [0.2, 0.25) is 0 Å². The normalized spacial score (nSPS) is 19.7. The van der Waals surface area contributed by atoms with Crippen LogP contribution in [0.15, 0.2) is 12.7 Å². The molecule has 2 aromatic rings. The summed E-state index contributed by atoms with van der Waals surface area (Å²) in [5.41, 5.74) is 4.16. The van der Waals surface area contributed by atoms with E-state index < -0.39 is 132 Å². The number of anilines is 1. The lowest BCUT2D eigenvalue weighted by atomic mass is 9.87. The van der Waals surface area contributed by atoms with Gasteiger partial charge in [0, 0.05) is 43.7 Å². The summed E-state index contributed by atoms with van der Waals surface area (Å²) in [5.74, 6) is -5.30. The molecule has 1 saturated heterocycles. The average molecular weight is 1030 g/mol. The first-order valence-electron chi connectivity index (χ1n) is 18.6. The number of nitrogens with one attached hydrogen (secondary N) is 2. The fourth-order valence-corrected chi connectivity index (χ4v) is 8.64. The minimum absolute atomic E-state index is 0.00174. The number of Topliss-reactive ketones (excluding diaryl/α,β-unsaturated/α-hetero) is 2. The number of ether oxygens (including phenoxy) is 1. The zero-order valence-electron chi connectivity index (χ0n) is 34.6. The maximum atomic E-state index is 12.7. The topological polar surface area (TPSA) is 493 Å². The summed E-state index contributed by atoms with van der Waals surface area (Å²) >= 11 is 0.712. The van der Waals surface area contributed by atoms with Crippen LogP contribution in [-0.2, 0) is 69.9 Å². The van der Waals surface area contributed by atoms with Crippen molar-refractivity contribution >= 4 is 92.6 Å². The SMILES string of the molecule is CC(C)(COP(=O)(O)OP(=O)(O)OC[C@H]1O[C@@H](n2cnc3c(N)ncnc32)[C@H](O)[C@@H]1OP(=O)(O)O)C(O)C(=O)NCCC(=O)NCCSC(=O)CC(=O)CC(=O)O.O=C(O)CC(=O)CCO. The van der Waals surface area contributed by atoms with Crippen molar-refractivity contribution in [2.45, 2.75) is 76.6 Å². The highest BCUT2D eigenvalue weighted by atomic mass is 32.2. The van der Waals surface area contributed by atoms with Crippen molar-refractivity contribution in [3.8, 4) is 0 Å². The standard InChI is InChI=1S/C26H40N7O20P3S.C5H8O4/c1-26(2,21(40)24(41)29-4-3-15(35)28-5-6-57-17(38)8-13(34)7-16(36)37)10-50-56(47,48)53-55(45,46)49-9-14-20(52-54(42,43)44)19(39)25(51-14)33-12-32-18-22(27)30-11-31-23(18)33;6-2-1-4(7)3-5(8)9/h11-12,14,19-21,25,39-40H,3-10H2,1-2H3,(H,28,35)(H,29,41)(H,36,37)(H,45,46)(H,47,48)(H2,27,30,31)(H2,42,43,44);6H,1-3H2,(H,8,9)/t14-,19-,20-,21?,25-;/m1./s1. The third kappa shape index (κ3) is 20.3. The van der Waals surface area contributed by atoms with Gasteiger partial charge in [0.1, 0.15) is 54.9 Å². The van der Waals surface area contributed by atoms with Crippen LogP contribution in [0.4, 0.5) is 5.82 Å². The number of thioether (sulfide) groups is 1. The summed E-state index contributed by atoms with van der Waals surface area (Å²) in [4.78, 5) is 129. The molecule has 7 atom stereocenters. The van der Waals surface area contributed by atoms with Crippen molar-refractivity contribution in [3.63, 3.8) is 0 Å². The van der Waals surface area contributed by atoms with Gasteiger partial charge in [-0.1, -0.05) is 25.6 Å². The van der Waals surface area contributed by atoms with E-state index in [2.05, 4.69) is 34.4 Å². The number of nitrogens with zero attached hydrogens (tertiary/aromatic N) is 4. The smallest absolute Gasteiger partial charge is 0.481 e. The molecule has 3 unspecified atom stereocenters. The lowest BCUT2D eigenvalue weighted by Gasteiger charge is -2.30. The van der Waals surface area contributed by atoms with E-state index in [4.69, 9.17) is 34.8 Å². The number of aromatic nitrogens is 4. The number of carboxylic acids is 2. The Kier molecular flexibility index (Phi) is 22.6. The van der Waals surface area contributed by atoms with Crippen molar-refractivity contribution in [1.82, 2.24) is 30.2 Å². The molecule has 3 rings (SSSR count). The van der Waals surface area contributed by atoms with Crippen molar-refractivity contribution in [3.05, 3.63) is 12.7 Å². The van der Waals surface area contributed by atoms with E-state index in [1.807, 2.05) is 0 Å². The highest BCUT2D eigenvalue weighted by molar-refractivity contribution is 8.13. The largest absolute Gasteiger partial charge is 0.481 e. The number of rotatable bonds is 27. The number of imidazole rings is 1. The molecule has 1 aliphatic heterocycles. The highest BCUT2D eigenvalue weighted by Gasteiger charge is 2.50. The van der Waals surface area contributed by atoms with Crippen LogP contribution in [0.3, 0.4) is 0 Å². The number of carboxylic acid groups (broad SMARTS) is 2. The van der Waals surface area contributed by atoms with Crippen LogP contribution < -0.4 is 16.4 Å². The number of carbonyl (C=O) groups excluding carboxylic acids is 5. The Bertz CT molecular complexity index is 2210. The monoisotopic (exact) mass is 1030 g/mol. The first-order chi connectivity index (χ1) is 30.5. The molecule has 31 nitrogen and oxygen atoms in total. The van der Waals surface area contributed by atoms with Gasteiger partial charge in [-0.3, -0.25) is 51.7 Å². The van der Waals surface area contributed by atoms with Crippen LogP contribution in [0.25, 0.3) is 11.2 Å². The quantitative estimate of drug-likeness (QED) is 0.0250. The second kappa shape index (κ2) is 25.8. The first kappa shape index (κ1) is 57.9. The van der Waals surface area contributed by atoms with Crippen LogP contribution in [0.1, 0.15) is 52.2 Å². The average Bonchev–Trinajstić information content (AvgIpc) is 3.74. The Hall–Kier alpha value is -4.20. The number of ketones is 2. The molecule has 0 bridgehead atoms. The zero-order chi connectivity index (χ0) is 50.2. The number of aliphatic hydroxyl groups is 3. The number of fused-ring (bicyclic) bond motifs is 1. The van der Waals surface area contributed by atoms with Crippen LogP contribution in [0.5, 0.6) is 0 Å². The van der Waals surface area contributed by atoms with Gasteiger partial charge < -0.3 is 66.2 Å². The Balaban J connectivity index is 0.00000150. The maximum Gasteiger partial charge on any atom is 0.481 e. The van der Waals surface area contributed by atoms with Gasteiger partial charge in [-0.05, 0) is 0 Å². The molecular weight excluding hydrogens is 979 g/mol. The van der Waals surface area contributed by atoms with Crippen LogP contribution in [0, 0.1) is 5.41 Å². The lowest BCUT2D eigenvalue weighted by molar-refractivity contribution is -0.142. The van der Waals surface area contributed by atoms with Gasteiger partial charge in [0.15, 0.2) is 28.6 Å². The third-order valence-corrected chi connectivity index (χ3v) is 12.2. The van der Waals surface area contributed by atoms with Crippen molar-refractivity contribution in [2.24, 2.45) is 5.41 Å². The molecule has 0 saturated carbocycles. The van der Waals surface area contributed by atoms with Crippen LogP contribution >= 0.6 is 35.2 Å². The van der Waals surface area contributed by atoms with E-state index in [-0.39, 0.29) is 55.3 Å². The molecule has 0 aromatic carbocycles. The first-order valence-corrected chi connectivity index (χ1v) is 24.1. The summed E-state index contributed by atoms with van der Waals surface area (Å²) in [6, 6.07) is 0. The number of nitrogen functional groups attached to an aromatic ring is 1. The van der Waals surface area contributed by atoms with E-state index in [1.165, 1.54) is 13.8 Å². The fraction of sp³-hybridized carbons (Fsp3) is 0.613. The summed E-state index contributed by atoms with van der Waals surface area (Å²) in [6.45, 7) is -0.238. The van der Waals surface area contributed by atoms with Crippen molar-refractivity contribution in [2.75, 3.05) is 44.4 Å². The predicted molar refractivity (Wildman–Crippen MR) is 218 cm³/mol. The van der Waals surface area contributed by atoms with Gasteiger partial charge in [-0.2, -0.15) is 4.31 Å². The number of aliphatic hydroxyl groups excluding tert-OH is 3. The molecule has 66 heavy (non-hydrogen) atoms. The van der Waals surface area contributed by atoms with Gasteiger partial charge >= 0.3 is 35.4 Å². The number of phosphoric ester groups is 3. The molecule has 0 aliphatic carbocycles. The minimum Gasteiger partial charge on any atom is -0.481 e. The van der Waals surface area contributed by atoms with Gasteiger partial charge in [0.2, 0.25) is 11.8 Å². The molecule has 372 valence electrons. The maximum absolute atomic E-state index is 12.7.